The summed E-state index contributed by atoms with van der Waals surface area (Å²) in [7, 11) is -2.10. The fraction of sp³-hybridized carbons (Fsp3) is 0.857. The minimum absolute atomic E-state index is 0.0665. The predicted molar refractivity (Wildman–Crippen MR) is 113 cm³/mol. The Hall–Kier alpha value is -1.21. The predicted octanol–water partition coefficient (Wildman–Crippen LogP) is 4.80. The molecule has 0 aliphatic heterocycles. The van der Waals surface area contributed by atoms with Gasteiger partial charge in [-0.25, -0.2) is 0 Å². The Morgan fingerprint density at radius 2 is 1.32 bits per heavy atom. The van der Waals surface area contributed by atoms with Crippen LogP contribution in [0.15, 0.2) is 0 Å². The highest BCUT2D eigenvalue weighted by molar-refractivity contribution is 6.77. The van der Waals surface area contributed by atoms with Gasteiger partial charge < -0.3 is 13.9 Å². The molecule has 0 bridgehead atoms. The summed E-state index contributed by atoms with van der Waals surface area (Å²) in [4.78, 5) is 36.2. The molecule has 0 saturated carbocycles. The third kappa shape index (κ3) is 7.31. The quantitative estimate of drug-likeness (QED) is 0.258. The van der Waals surface area contributed by atoms with Gasteiger partial charge in [0.25, 0.3) is 0 Å². The Bertz CT molecular complexity index is 517. The van der Waals surface area contributed by atoms with Crippen molar-refractivity contribution in [3.63, 3.8) is 0 Å². The highest BCUT2D eigenvalue weighted by Gasteiger charge is 2.46. The molecule has 1 atom stereocenters. The van der Waals surface area contributed by atoms with Gasteiger partial charge in [-0.15, -0.1) is 0 Å². The van der Waals surface area contributed by atoms with E-state index in [0.29, 0.717) is 16.6 Å². The molecule has 164 valence electrons. The van der Waals surface area contributed by atoms with E-state index in [0.717, 1.165) is 0 Å². The lowest BCUT2D eigenvalue weighted by Crippen LogP contribution is -2.50. The average molecular weight is 417 g/mol. The van der Waals surface area contributed by atoms with Gasteiger partial charge >= 0.3 is 11.9 Å². The van der Waals surface area contributed by atoms with E-state index in [9.17, 15) is 14.4 Å². The zero-order valence-corrected chi connectivity index (χ0v) is 20.4. The highest BCUT2D eigenvalue weighted by atomic mass is 28.4. The number of ether oxygens (including phenoxy) is 2. The van der Waals surface area contributed by atoms with E-state index in [-0.39, 0.29) is 19.1 Å². The second-order valence-corrected chi connectivity index (χ2v) is 14.2. The van der Waals surface area contributed by atoms with Crippen LogP contribution in [0.1, 0.15) is 82.1 Å². The van der Waals surface area contributed by atoms with Crippen molar-refractivity contribution in [2.75, 3.05) is 6.61 Å². The minimum Gasteiger partial charge on any atom is -0.466 e. The van der Waals surface area contributed by atoms with Gasteiger partial charge in [-0.2, -0.15) is 0 Å². The Balaban J connectivity index is 5.01. The van der Waals surface area contributed by atoms with Gasteiger partial charge in [0.1, 0.15) is 6.42 Å². The van der Waals surface area contributed by atoms with Crippen LogP contribution in [-0.2, 0) is 28.3 Å². The van der Waals surface area contributed by atoms with Crippen molar-refractivity contribution in [2.24, 2.45) is 0 Å². The van der Waals surface area contributed by atoms with Crippen molar-refractivity contribution in [2.45, 2.75) is 110 Å². The van der Waals surface area contributed by atoms with Crippen LogP contribution in [0.3, 0.4) is 0 Å². The highest BCUT2D eigenvalue weighted by Crippen LogP contribution is 2.43. The van der Waals surface area contributed by atoms with E-state index in [1.54, 1.807) is 6.92 Å². The van der Waals surface area contributed by atoms with Crippen molar-refractivity contribution < 1.29 is 28.3 Å². The number of carbonyl (C=O) groups excluding carboxylic acids is 3. The van der Waals surface area contributed by atoms with E-state index < -0.39 is 38.1 Å². The summed E-state index contributed by atoms with van der Waals surface area (Å²) in [5.41, 5.74) is -0.151. The molecule has 0 rings (SSSR count). The standard InChI is InChI=1S/C21H40O6Si/c1-11-25-19(23)13-18(22)21(9,10)26-20(24)12-17(8)27-28(14(2)3,15(4)5)16(6)7/h14-17H,11-13H2,1-10H3/t17-/m1/s1. The molecule has 0 aromatic carbocycles. The lowest BCUT2D eigenvalue weighted by atomic mass is 10.0. The van der Waals surface area contributed by atoms with Crippen molar-refractivity contribution in [3.8, 4) is 0 Å². The maximum absolute atomic E-state index is 12.4. The van der Waals surface area contributed by atoms with Gasteiger partial charge in [0, 0.05) is 0 Å². The number of ketones is 1. The van der Waals surface area contributed by atoms with Gasteiger partial charge in [-0.3, -0.25) is 14.4 Å². The molecule has 0 saturated heterocycles. The van der Waals surface area contributed by atoms with Crippen LogP contribution in [-0.4, -0.2) is 44.4 Å². The summed E-state index contributed by atoms with van der Waals surface area (Å²) >= 11 is 0. The third-order valence-electron chi connectivity index (χ3n) is 5.22. The van der Waals surface area contributed by atoms with Gasteiger partial charge in [0.2, 0.25) is 8.32 Å². The second kappa shape index (κ2) is 11.1. The molecule has 6 nitrogen and oxygen atoms in total. The van der Waals surface area contributed by atoms with Gasteiger partial charge in [0.05, 0.1) is 19.1 Å². The second-order valence-electron chi connectivity index (χ2n) is 8.84. The van der Waals surface area contributed by atoms with Crippen molar-refractivity contribution in [1.82, 2.24) is 0 Å². The van der Waals surface area contributed by atoms with Gasteiger partial charge in [0.15, 0.2) is 11.4 Å². The first kappa shape index (κ1) is 26.8. The molecule has 0 fully saturated rings. The van der Waals surface area contributed by atoms with Crippen LogP contribution in [0.4, 0.5) is 0 Å². The maximum atomic E-state index is 12.4. The summed E-state index contributed by atoms with van der Waals surface area (Å²) in [6.07, 6.45) is -0.649. The van der Waals surface area contributed by atoms with Crippen molar-refractivity contribution >= 4 is 26.0 Å². The number of rotatable bonds is 12. The molecule has 0 amide bonds. The molecule has 0 aromatic heterocycles. The van der Waals surface area contributed by atoms with E-state index in [2.05, 4.69) is 41.5 Å². The van der Waals surface area contributed by atoms with E-state index in [1.807, 2.05) is 6.92 Å². The summed E-state index contributed by atoms with van der Waals surface area (Å²) in [6.45, 7) is 19.9. The lowest BCUT2D eigenvalue weighted by molar-refractivity contribution is -0.167. The molecule has 0 N–H and O–H groups in total. The summed E-state index contributed by atoms with van der Waals surface area (Å²) in [6, 6.07) is 0. The maximum Gasteiger partial charge on any atom is 0.313 e. The zero-order valence-electron chi connectivity index (χ0n) is 19.4. The van der Waals surface area contributed by atoms with Crippen LogP contribution in [0, 0.1) is 0 Å². The van der Waals surface area contributed by atoms with Crippen molar-refractivity contribution in [1.29, 1.82) is 0 Å². The summed E-state index contributed by atoms with van der Waals surface area (Å²) < 4.78 is 16.7. The monoisotopic (exact) mass is 416 g/mol. The number of hydrogen-bond donors (Lipinski definition) is 0. The molecule has 0 aliphatic carbocycles. The fourth-order valence-electron chi connectivity index (χ4n) is 3.97. The van der Waals surface area contributed by atoms with E-state index >= 15 is 0 Å². The first-order chi connectivity index (χ1) is 12.7. The smallest absolute Gasteiger partial charge is 0.313 e. The number of Topliss-reactive ketones (excluding diaryl/α,β-unsaturated/α-hetero) is 1. The van der Waals surface area contributed by atoms with Crippen LogP contribution >= 0.6 is 0 Å². The van der Waals surface area contributed by atoms with E-state index in [4.69, 9.17) is 13.9 Å². The fourth-order valence-corrected chi connectivity index (χ4v) is 9.57. The van der Waals surface area contributed by atoms with Crippen LogP contribution in [0.2, 0.25) is 16.6 Å². The van der Waals surface area contributed by atoms with Gasteiger partial charge in [-0.1, -0.05) is 41.5 Å². The third-order valence-corrected chi connectivity index (χ3v) is 11.4. The van der Waals surface area contributed by atoms with Crippen LogP contribution in [0.25, 0.3) is 0 Å². The Kier molecular flexibility index (Phi) is 10.6. The minimum atomic E-state index is -2.10. The first-order valence-electron chi connectivity index (χ1n) is 10.3. The Morgan fingerprint density at radius 1 is 0.857 bits per heavy atom. The molecule has 0 radical (unpaired) electrons. The Labute approximate surface area is 171 Å². The molecule has 0 aromatic rings. The molecule has 0 spiro atoms. The van der Waals surface area contributed by atoms with Crippen LogP contribution < -0.4 is 0 Å². The molecule has 0 aliphatic rings. The SMILES string of the molecule is CCOC(=O)CC(=O)C(C)(C)OC(=O)C[C@@H](C)O[Si](C(C)C)(C(C)C)C(C)C. The largest absolute Gasteiger partial charge is 0.466 e. The number of esters is 2. The summed E-state index contributed by atoms with van der Waals surface area (Å²) in [5, 5.41) is 0. The Morgan fingerprint density at radius 3 is 1.71 bits per heavy atom. The van der Waals surface area contributed by atoms with Gasteiger partial charge in [-0.05, 0) is 44.3 Å². The topological polar surface area (TPSA) is 78.9 Å². The molecular weight excluding hydrogens is 376 g/mol. The zero-order chi connectivity index (χ0) is 22.3. The molecule has 0 unspecified atom stereocenters. The number of hydrogen-bond acceptors (Lipinski definition) is 6. The molecule has 0 heterocycles. The molecule has 7 heteroatoms. The van der Waals surface area contributed by atoms with Crippen molar-refractivity contribution in [3.05, 3.63) is 0 Å². The average Bonchev–Trinajstić information content (AvgIpc) is 2.50. The normalized spacial score (nSPS) is 13.8. The first-order valence-corrected chi connectivity index (χ1v) is 12.4. The van der Waals surface area contributed by atoms with Crippen LogP contribution in [0.5, 0.6) is 0 Å². The lowest BCUT2D eigenvalue weighted by Gasteiger charge is -2.44. The number of carbonyl (C=O) groups is 3. The summed E-state index contributed by atoms with van der Waals surface area (Å²) in [5.74, 6) is -1.60. The molecule has 28 heavy (non-hydrogen) atoms. The molecular formula is C21H40O6Si. The van der Waals surface area contributed by atoms with E-state index in [1.165, 1.54) is 13.8 Å².